The Kier molecular flexibility index (Phi) is 4.50. The third kappa shape index (κ3) is 3.30. The molecule has 0 aliphatic heterocycles. The quantitative estimate of drug-likeness (QED) is 0.817. The van der Waals surface area contributed by atoms with Gasteiger partial charge in [0, 0.05) is 19.2 Å². The third-order valence-electron chi connectivity index (χ3n) is 3.21. The van der Waals surface area contributed by atoms with Gasteiger partial charge in [-0.2, -0.15) is 4.57 Å². The van der Waals surface area contributed by atoms with Crippen molar-refractivity contribution in [3.05, 3.63) is 39.5 Å². The minimum Gasteiger partial charge on any atom is -0.396 e. The topological polar surface area (TPSA) is 63.0 Å². The van der Waals surface area contributed by atoms with Crippen LogP contribution in [0.2, 0.25) is 0 Å². The zero-order chi connectivity index (χ0) is 13.8. The lowest BCUT2D eigenvalue weighted by atomic mass is 10.2. The van der Waals surface area contributed by atoms with E-state index in [0.717, 1.165) is 30.6 Å². The van der Waals surface area contributed by atoms with Crippen LogP contribution < -0.4 is 10.3 Å². The molecule has 3 N–H and O–H groups in total. The van der Waals surface area contributed by atoms with E-state index >= 15 is 0 Å². The molecule has 0 aliphatic carbocycles. The number of aliphatic hydroxyl groups is 1. The van der Waals surface area contributed by atoms with Gasteiger partial charge in [-0.25, -0.2) is 4.98 Å². The molecule has 4 nitrogen and oxygen atoms in total. The smallest absolute Gasteiger partial charge is 0.225 e. The Morgan fingerprint density at radius 1 is 1.37 bits per heavy atom. The van der Waals surface area contributed by atoms with E-state index in [4.69, 9.17) is 10.8 Å². The molecule has 0 radical (unpaired) electrons. The van der Waals surface area contributed by atoms with Crippen molar-refractivity contribution in [1.29, 1.82) is 0 Å². The number of pyridine rings is 1. The highest BCUT2D eigenvalue weighted by atomic mass is 32.1. The number of nitrogen functional groups attached to an aromatic ring is 1. The third-order valence-corrected chi connectivity index (χ3v) is 4.35. The molecule has 0 atom stereocenters. The van der Waals surface area contributed by atoms with Crippen molar-refractivity contribution < 1.29 is 9.67 Å². The molecule has 102 valence electrons. The predicted octanol–water partition coefficient (Wildman–Crippen LogP) is 1.60. The van der Waals surface area contributed by atoms with Crippen molar-refractivity contribution >= 4 is 17.2 Å². The van der Waals surface area contributed by atoms with E-state index in [-0.39, 0.29) is 6.61 Å². The lowest BCUT2D eigenvalue weighted by Gasteiger charge is -2.02. The maximum atomic E-state index is 8.90. The van der Waals surface area contributed by atoms with Crippen LogP contribution in [-0.2, 0) is 13.0 Å². The van der Waals surface area contributed by atoms with Gasteiger partial charge in [-0.15, -0.1) is 0 Å². The summed E-state index contributed by atoms with van der Waals surface area (Å²) in [5, 5.41) is 8.90. The molecule has 0 saturated carbocycles. The number of hydrogen-bond donors (Lipinski definition) is 2. The highest BCUT2D eigenvalue weighted by Crippen LogP contribution is 2.15. The van der Waals surface area contributed by atoms with Crippen molar-refractivity contribution in [2.45, 2.75) is 33.2 Å². The van der Waals surface area contributed by atoms with Gasteiger partial charge in [0.15, 0.2) is 12.2 Å². The minimum atomic E-state index is 0.242. The van der Waals surface area contributed by atoms with E-state index in [2.05, 4.69) is 22.0 Å². The first kappa shape index (κ1) is 14.0. The summed E-state index contributed by atoms with van der Waals surface area (Å²) < 4.78 is 2.19. The normalized spacial score (nSPS) is 10.9. The average Bonchev–Trinajstić information content (AvgIpc) is 2.72. The molecule has 19 heavy (non-hydrogen) atoms. The van der Waals surface area contributed by atoms with Crippen LogP contribution in [0.15, 0.2) is 17.6 Å². The number of hydrogen-bond acceptors (Lipinski definition) is 4. The molecule has 0 saturated heterocycles. The van der Waals surface area contributed by atoms with Crippen molar-refractivity contribution in [3.63, 3.8) is 0 Å². The fourth-order valence-electron chi connectivity index (χ4n) is 2.01. The van der Waals surface area contributed by atoms with Crippen LogP contribution in [0.3, 0.4) is 0 Å². The average molecular weight is 278 g/mol. The number of nitrogens with two attached hydrogens (primary N) is 1. The second-order valence-corrected chi connectivity index (χ2v) is 5.62. The summed E-state index contributed by atoms with van der Waals surface area (Å²) in [5.41, 5.74) is 11.3. The molecule has 2 aromatic heterocycles. The Bertz CT molecular complexity index is 566. The summed E-state index contributed by atoms with van der Waals surface area (Å²) in [6.07, 6.45) is 1.75. The van der Waals surface area contributed by atoms with E-state index in [1.54, 1.807) is 11.3 Å². The summed E-state index contributed by atoms with van der Waals surface area (Å²) in [6, 6.07) is 4.02. The van der Waals surface area contributed by atoms with Gasteiger partial charge < -0.3 is 10.8 Å². The van der Waals surface area contributed by atoms with E-state index in [1.165, 1.54) is 10.6 Å². The van der Waals surface area contributed by atoms with Crippen LogP contribution in [0.1, 0.15) is 28.2 Å². The van der Waals surface area contributed by atoms with Crippen LogP contribution >= 0.6 is 11.3 Å². The van der Waals surface area contributed by atoms with Crippen molar-refractivity contribution in [1.82, 2.24) is 4.98 Å². The zero-order valence-electron chi connectivity index (χ0n) is 11.4. The molecule has 0 unspecified atom stereocenters. The maximum Gasteiger partial charge on any atom is 0.225 e. The Morgan fingerprint density at radius 3 is 2.84 bits per heavy atom. The Hall–Kier alpha value is -1.46. The van der Waals surface area contributed by atoms with Gasteiger partial charge in [0.25, 0.3) is 0 Å². The van der Waals surface area contributed by atoms with Crippen LogP contribution in [0.4, 0.5) is 5.82 Å². The number of thiazole rings is 1. The lowest BCUT2D eigenvalue weighted by Crippen LogP contribution is -2.35. The molecule has 0 fully saturated rings. The highest BCUT2D eigenvalue weighted by molar-refractivity contribution is 7.09. The number of anilines is 1. The van der Waals surface area contributed by atoms with E-state index < -0.39 is 0 Å². The SMILES string of the molecule is Cc1ccc(C[n+]2csc(CCCO)c2C)c(N)n1. The molecule has 0 aromatic carbocycles. The number of nitrogens with zero attached hydrogens (tertiary/aromatic N) is 2. The monoisotopic (exact) mass is 278 g/mol. The number of aromatic nitrogens is 2. The van der Waals surface area contributed by atoms with Crippen LogP contribution in [0.25, 0.3) is 0 Å². The number of rotatable bonds is 5. The molecule has 0 amide bonds. The zero-order valence-corrected chi connectivity index (χ0v) is 12.2. The van der Waals surface area contributed by atoms with Crippen LogP contribution in [0.5, 0.6) is 0 Å². The van der Waals surface area contributed by atoms with E-state index in [0.29, 0.717) is 5.82 Å². The molecule has 0 spiro atoms. The second kappa shape index (κ2) is 6.12. The molecule has 2 aromatic rings. The van der Waals surface area contributed by atoms with Gasteiger partial charge in [-0.3, -0.25) is 0 Å². The maximum absolute atomic E-state index is 8.90. The molecule has 5 heteroatoms. The van der Waals surface area contributed by atoms with Gasteiger partial charge in [-0.05, 0) is 31.9 Å². The van der Waals surface area contributed by atoms with Crippen molar-refractivity contribution in [2.24, 2.45) is 0 Å². The second-order valence-electron chi connectivity index (χ2n) is 4.68. The molecular weight excluding hydrogens is 258 g/mol. The largest absolute Gasteiger partial charge is 0.396 e. The number of aliphatic hydroxyl groups excluding tert-OH is 1. The summed E-state index contributed by atoms with van der Waals surface area (Å²) in [7, 11) is 0. The molecule has 2 rings (SSSR count). The predicted molar refractivity (Wildman–Crippen MR) is 77.1 cm³/mol. The number of aryl methyl sites for hydroxylation is 2. The van der Waals surface area contributed by atoms with Gasteiger partial charge in [-0.1, -0.05) is 11.3 Å². The van der Waals surface area contributed by atoms with Crippen LogP contribution in [-0.4, -0.2) is 16.7 Å². The first-order chi connectivity index (χ1) is 9.11. The minimum absolute atomic E-state index is 0.242. The summed E-state index contributed by atoms with van der Waals surface area (Å²) in [5.74, 6) is 0.606. The van der Waals surface area contributed by atoms with Gasteiger partial charge in [0.2, 0.25) is 5.51 Å². The van der Waals surface area contributed by atoms with Gasteiger partial charge in [0.1, 0.15) is 5.82 Å². The molecule has 0 bridgehead atoms. The van der Waals surface area contributed by atoms with Crippen molar-refractivity contribution in [2.75, 3.05) is 12.3 Å². The van der Waals surface area contributed by atoms with Gasteiger partial charge >= 0.3 is 0 Å². The first-order valence-corrected chi connectivity index (χ1v) is 7.29. The lowest BCUT2D eigenvalue weighted by molar-refractivity contribution is -0.689. The molecular formula is C14H20N3OS+. The van der Waals surface area contributed by atoms with E-state index in [9.17, 15) is 0 Å². The van der Waals surface area contributed by atoms with Crippen molar-refractivity contribution in [3.8, 4) is 0 Å². The summed E-state index contributed by atoms with van der Waals surface area (Å²) in [6.45, 7) is 5.05. The van der Waals surface area contributed by atoms with E-state index in [1.807, 2.05) is 19.1 Å². The summed E-state index contributed by atoms with van der Waals surface area (Å²) >= 11 is 1.73. The Balaban J connectivity index is 2.17. The molecule has 0 aliphatic rings. The fourth-order valence-corrected chi connectivity index (χ4v) is 3.05. The molecule has 2 heterocycles. The highest BCUT2D eigenvalue weighted by Gasteiger charge is 2.16. The van der Waals surface area contributed by atoms with Crippen LogP contribution in [0, 0.1) is 13.8 Å². The summed E-state index contributed by atoms with van der Waals surface area (Å²) in [4.78, 5) is 5.62. The van der Waals surface area contributed by atoms with Gasteiger partial charge in [0.05, 0.1) is 10.4 Å². The first-order valence-electron chi connectivity index (χ1n) is 6.41. The standard InChI is InChI=1S/C14H20N3OS/c1-10-5-6-12(14(15)16-10)8-17-9-19-13(11(17)2)4-3-7-18/h5-6,9,18H,3-4,7-8H2,1-2H3,(H2,15,16)/q+1. The Morgan fingerprint density at radius 2 is 2.16 bits per heavy atom. The Labute approximate surface area is 117 Å². The fraction of sp³-hybridized carbons (Fsp3) is 0.429.